The van der Waals surface area contributed by atoms with Crippen molar-refractivity contribution in [2.45, 2.75) is 25.2 Å². The van der Waals surface area contributed by atoms with Gasteiger partial charge in [0.05, 0.1) is 5.41 Å². The second-order valence-corrected chi connectivity index (χ2v) is 16.7. The maximum atomic E-state index is 4.10. The topological polar surface area (TPSA) is 3.24 Å². The fourth-order valence-electron chi connectivity index (χ4n) is 11.2. The molecule has 0 amide bonds. The van der Waals surface area contributed by atoms with Gasteiger partial charge in [0.25, 0.3) is 0 Å². The first kappa shape index (κ1) is 35.5. The minimum Gasteiger partial charge on any atom is -0.314 e. The molecular formula is C60H43N. The van der Waals surface area contributed by atoms with E-state index in [-0.39, 0.29) is 0 Å². The average molecular weight is 778 g/mol. The van der Waals surface area contributed by atoms with Crippen LogP contribution in [0.4, 0.5) is 11.4 Å². The maximum Gasteiger partial charge on any atom is 0.0714 e. The Morgan fingerprint density at radius 2 is 1.11 bits per heavy atom. The molecule has 0 atom stereocenters. The van der Waals surface area contributed by atoms with Crippen LogP contribution in [0.25, 0.3) is 67.4 Å². The summed E-state index contributed by atoms with van der Waals surface area (Å²) >= 11 is 0. The van der Waals surface area contributed by atoms with E-state index >= 15 is 0 Å². The van der Waals surface area contributed by atoms with Gasteiger partial charge in [0, 0.05) is 22.3 Å². The molecular weight excluding hydrogens is 735 g/mol. The van der Waals surface area contributed by atoms with Crippen LogP contribution in [0.5, 0.6) is 0 Å². The fraction of sp³-hybridized carbons (Fsp3) is 0.0667. The Kier molecular flexibility index (Phi) is 8.02. The molecule has 0 N–H and O–H groups in total. The zero-order chi connectivity index (χ0) is 40.7. The van der Waals surface area contributed by atoms with Crippen LogP contribution in [-0.4, -0.2) is 0 Å². The third-order valence-electron chi connectivity index (χ3n) is 13.7. The summed E-state index contributed by atoms with van der Waals surface area (Å²) in [6.45, 7) is 6.38. The molecule has 0 aliphatic heterocycles. The molecule has 1 heteroatoms. The molecule has 8 aromatic carbocycles. The highest BCUT2D eigenvalue weighted by Crippen LogP contribution is 2.59. The second kappa shape index (κ2) is 13.8. The van der Waals surface area contributed by atoms with Gasteiger partial charge in [0.1, 0.15) is 0 Å². The Bertz CT molecular complexity index is 3290. The summed E-state index contributed by atoms with van der Waals surface area (Å²) < 4.78 is 0. The van der Waals surface area contributed by atoms with Crippen molar-refractivity contribution in [3.05, 3.63) is 251 Å². The minimum absolute atomic E-state index is 0.516. The number of nitrogens with zero attached hydrogens (tertiary/aromatic N) is 1. The molecule has 0 aromatic heterocycles. The number of anilines is 2. The van der Waals surface area contributed by atoms with Gasteiger partial charge in [-0.3, -0.25) is 0 Å². The number of hydrogen-bond donors (Lipinski definition) is 0. The first-order valence-electron chi connectivity index (χ1n) is 21.5. The molecule has 1 nitrogen and oxygen atoms in total. The smallest absolute Gasteiger partial charge is 0.0714 e. The molecule has 0 saturated carbocycles. The fourth-order valence-corrected chi connectivity index (χ4v) is 11.2. The number of fused-ring (bicyclic) bond motifs is 6. The quantitative estimate of drug-likeness (QED) is 0.163. The van der Waals surface area contributed by atoms with Crippen molar-refractivity contribution in [1.29, 1.82) is 0 Å². The van der Waals surface area contributed by atoms with Crippen LogP contribution in [0.15, 0.2) is 207 Å². The molecule has 4 aliphatic carbocycles. The van der Waals surface area contributed by atoms with Crippen LogP contribution in [0.3, 0.4) is 0 Å². The third kappa shape index (κ3) is 5.08. The van der Waals surface area contributed by atoms with Gasteiger partial charge in [-0.25, -0.2) is 0 Å². The highest BCUT2D eigenvalue weighted by Gasteiger charge is 2.46. The molecule has 0 heterocycles. The summed E-state index contributed by atoms with van der Waals surface area (Å²) in [5.74, 6) is 0. The standard InChI is InChI=1S/C60H43N/c1-3-18-40-19-10-11-24-45(40)39(2)61(43-33-35-47-52-29-17-30-53-54-31-16-28-51(59(54)55(47)37-43)46-25-12-13-27-50(46)58(52)53)44-34-36-49-48-26-14-15-32-56(48)60(57(49)38-44,41-20-6-4-7-21-41)42-22-8-5-9-23-42/h3-11,13-24,26-38H,1,12,25H2,2H3/b40-18-,45-39+. The lowest BCUT2D eigenvalue weighted by Gasteiger charge is -2.35. The lowest BCUT2D eigenvalue weighted by molar-refractivity contribution is 0.768. The van der Waals surface area contributed by atoms with Gasteiger partial charge in [0.15, 0.2) is 0 Å². The van der Waals surface area contributed by atoms with E-state index < -0.39 is 5.41 Å². The number of allylic oxidation sites excluding steroid dienone is 5. The number of benzene rings is 8. The van der Waals surface area contributed by atoms with E-state index in [1.165, 1.54) is 94.3 Å². The van der Waals surface area contributed by atoms with Crippen LogP contribution in [0, 0.1) is 0 Å². The highest BCUT2D eigenvalue weighted by molar-refractivity contribution is 6.16. The molecule has 4 aliphatic rings. The van der Waals surface area contributed by atoms with E-state index in [9.17, 15) is 0 Å². The summed E-state index contributed by atoms with van der Waals surface area (Å²) in [6.07, 6.45) is 10.9. The Morgan fingerprint density at radius 1 is 0.525 bits per heavy atom. The predicted octanol–water partition coefficient (Wildman–Crippen LogP) is 13.9. The Balaban J connectivity index is 1.16. The van der Waals surface area contributed by atoms with Crippen molar-refractivity contribution in [3.8, 4) is 44.5 Å². The normalized spacial score (nSPS) is 15.3. The highest BCUT2D eigenvalue weighted by atomic mass is 15.1. The maximum absolute atomic E-state index is 4.10. The molecule has 61 heavy (non-hydrogen) atoms. The minimum atomic E-state index is -0.516. The van der Waals surface area contributed by atoms with Crippen LogP contribution in [0.1, 0.15) is 53.1 Å². The lowest BCUT2D eigenvalue weighted by atomic mass is 9.67. The van der Waals surface area contributed by atoms with Crippen molar-refractivity contribution in [2.24, 2.45) is 0 Å². The third-order valence-corrected chi connectivity index (χ3v) is 13.7. The SMILES string of the molecule is C=C/C=c1/cccc/c1=C(/C)N(c1ccc2c(c1)-c1c3cccc1-c1cccc-2c1C1=C3CCC=C1)c1ccc2c(c1)C(c1ccccc1)(c1ccccc1)c1ccccc1-2. The first-order valence-corrected chi connectivity index (χ1v) is 21.5. The summed E-state index contributed by atoms with van der Waals surface area (Å²) in [7, 11) is 0. The van der Waals surface area contributed by atoms with Gasteiger partial charge in [-0.15, -0.1) is 0 Å². The molecule has 6 bridgehead atoms. The van der Waals surface area contributed by atoms with E-state index in [4.69, 9.17) is 0 Å². The van der Waals surface area contributed by atoms with E-state index in [0.717, 1.165) is 35.1 Å². The monoisotopic (exact) mass is 777 g/mol. The zero-order valence-corrected chi connectivity index (χ0v) is 34.2. The van der Waals surface area contributed by atoms with Crippen molar-refractivity contribution >= 4 is 34.3 Å². The number of rotatable bonds is 6. The first-order chi connectivity index (χ1) is 30.2. The van der Waals surface area contributed by atoms with E-state index in [1.807, 2.05) is 6.08 Å². The van der Waals surface area contributed by atoms with Gasteiger partial charge >= 0.3 is 0 Å². The molecule has 12 rings (SSSR count). The van der Waals surface area contributed by atoms with Crippen molar-refractivity contribution in [2.75, 3.05) is 4.90 Å². The predicted molar refractivity (Wildman–Crippen MR) is 257 cm³/mol. The molecule has 0 saturated heterocycles. The van der Waals surface area contributed by atoms with E-state index in [0.29, 0.717) is 0 Å². The summed E-state index contributed by atoms with van der Waals surface area (Å²) in [5, 5.41) is 2.30. The van der Waals surface area contributed by atoms with Crippen molar-refractivity contribution < 1.29 is 0 Å². The van der Waals surface area contributed by atoms with Crippen LogP contribution in [-0.2, 0) is 5.41 Å². The van der Waals surface area contributed by atoms with Gasteiger partial charge in [-0.2, -0.15) is 0 Å². The Hall–Kier alpha value is -7.48. The lowest BCUT2D eigenvalue weighted by Crippen LogP contribution is -2.32. The van der Waals surface area contributed by atoms with Crippen LogP contribution < -0.4 is 15.3 Å². The van der Waals surface area contributed by atoms with Crippen LogP contribution >= 0.6 is 0 Å². The molecule has 8 aromatic rings. The van der Waals surface area contributed by atoms with E-state index in [2.05, 4.69) is 219 Å². The largest absolute Gasteiger partial charge is 0.314 e. The van der Waals surface area contributed by atoms with Gasteiger partial charge in [0.2, 0.25) is 0 Å². The second-order valence-electron chi connectivity index (χ2n) is 16.7. The Labute approximate surface area is 357 Å². The average Bonchev–Trinajstić information content (AvgIpc) is 3.56. The van der Waals surface area contributed by atoms with Gasteiger partial charge in [-0.1, -0.05) is 189 Å². The molecule has 0 spiro atoms. The summed E-state index contributed by atoms with van der Waals surface area (Å²) in [4.78, 5) is 2.50. The van der Waals surface area contributed by atoms with Gasteiger partial charge < -0.3 is 4.90 Å². The summed E-state index contributed by atoms with van der Waals surface area (Å²) in [5.41, 5.74) is 24.0. The van der Waals surface area contributed by atoms with Crippen LogP contribution in [0.2, 0.25) is 0 Å². The van der Waals surface area contributed by atoms with Crippen molar-refractivity contribution in [3.63, 3.8) is 0 Å². The zero-order valence-electron chi connectivity index (χ0n) is 34.2. The summed E-state index contributed by atoms with van der Waals surface area (Å²) in [6, 6.07) is 68.2. The van der Waals surface area contributed by atoms with Gasteiger partial charge in [-0.05, 0) is 138 Å². The van der Waals surface area contributed by atoms with Crippen molar-refractivity contribution in [1.82, 2.24) is 0 Å². The molecule has 0 unspecified atom stereocenters. The van der Waals surface area contributed by atoms with E-state index in [1.54, 1.807) is 0 Å². The molecule has 288 valence electrons. The Morgan fingerprint density at radius 3 is 1.87 bits per heavy atom. The molecule has 0 radical (unpaired) electrons. The number of hydrogen-bond acceptors (Lipinski definition) is 1. The molecule has 0 fully saturated rings.